The van der Waals surface area contributed by atoms with Crippen molar-refractivity contribution in [2.75, 3.05) is 17.3 Å². The van der Waals surface area contributed by atoms with E-state index in [1.54, 1.807) is 13.3 Å². The first-order chi connectivity index (χ1) is 16.5. The van der Waals surface area contributed by atoms with Crippen molar-refractivity contribution < 1.29 is 9.53 Å². The van der Waals surface area contributed by atoms with Crippen LogP contribution in [0.4, 0.5) is 17.2 Å². The third-order valence-electron chi connectivity index (χ3n) is 6.90. The molecule has 0 radical (unpaired) electrons. The molecule has 0 spiro atoms. The summed E-state index contributed by atoms with van der Waals surface area (Å²) in [6, 6.07) is 10.2. The fraction of sp³-hybridized carbons (Fsp3) is 0.444. The Morgan fingerprint density at radius 2 is 2.00 bits per heavy atom. The van der Waals surface area contributed by atoms with Gasteiger partial charge >= 0.3 is 0 Å². The van der Waals surface area contributed by atoms with Crippen LogP contribution in [0.25, 0.3) is 11.1 Å². The number of aromatic nitrogens is 3. The number of nitrogens with one attached hydrogen (secondary N) is 1. The molecule has 0 atom stereocenters. The number of hydrogen-bond donors (Lipinski definition) is 1. The van der Waals surface area contributed by atoms with Crippen LogP contribution < -0.4 is 10.2 Å². The number of anilines is 3. The van der Waals surface area contributed by atoms with Crippen LogP contribution in [-0.4, -0.2) is 33.9 Å². The zero-order valence-electron chi connectivity index (χ0n) is 20.2. The van der Waals surface area contributed by atoms with Gasteiger partial charge in [0.05, 0.1) is 30.2 Å². The summed E-state index contributed by atoms with van der Waals surface area (Å²) in [7, 11) is 1.76. The van der Waals surface area contributed by atoms with E-state index in [1.165, 1.54) is 0 Å². The lowest BCUT2D eigenvalue weighted by Crippen LogP contribution is -2.38. The predicted molar refractivity (Wildman–Crippen MR) is 134 cm³/mol. The Bertz CT molecular complexity index is 1160. The van der Waals surface area contributed by atoms with Crippen LogP contribution in [-0.2, 0) is 22.6 Å². The summed E-state index contributed by atoms with van der Waals surface area (Å²) in [6.07, 6.45) is 9.62. The fourth-order valence-electron chi connectivity index (χ4n) is 5.05. The van der Waals surface area contributed by atoms with E-state index in [4.69, 9.17) is 4.74 Å². The van der Waals surface area contributed by atoms with E-state index in [1.807, 2.05) is 27.9 Å². The lowest BCUT2D eigenvalue weighted by Gasteiger charge is -2.32. The molecule has 34 heavy (non-hydrogen) atoms. The number of amides is 1. The summed E-state index contributed by atoms with van der Waals surface area (Å²) in [5.74, 6) is 1.52. The average molecular weight is 460 g/mol. The zero-order chi connectivity index (χ0) is 23.7. The van der Waals surface area contributed by atoms with Gasteiger partial charge in [0, 0.05) is 43.1 Å². The molecule has 2 aliphatic rings. The maximum absolute atomic E-state index is 13.9. The van der Waals surface area contributed by atoms with E-state index in [2.05, 4.69) is 53.6 Å². The van der Waals surface area contributed by atoms with Gasteiger partial charge in [-0.3, -0.25) is 9.48 Å². The number of rotatable bonds is 5. The molecular weight excluding hydrogens is 426 g/mol. The lowest BCUT2D eigenvalue weighted by molar-refractivity contribution is -0.124. The van der Waals surface area contributed by atoms with Gasteiger partial charge in [-0.1, -0.05) is 26.0 Å². The van der Waals surface area contributed by atoms with Gasteiger partial charge in [0.25, 0.3) is 0 Å². The minimum atomic E-state index is 0.00918. The van der Waals surface area contributed by atoms with Crippen molar-refractivity contribution >= 4 is 23.1 Å². The Morgan fingerprint density at radius 3 is 2.76 bits per heavy atom. The number of carbonyl (C=O) groups is 1. The van der Waals surface area contributed by atoms with Crippen molar-refractivity contribution in [2.24, 2.45) is 11.8 Å². The van der Waals surface area contributed by atoms with Crippen molar-refractivity contribution in [3.05, 3.63) is 54.5 Å². The smallest absolute Gasteiger partial charge is 0.230 e. The molecule has 3 aromatic rings. The number of ether oxygens (including phenoxy) is 1. The molecule has 3 heterocycles. The SMILES string of the molecule is COC1CCC(C(=O)N2Cc3cccnc3Nc3ccc(-c4cnn(CC(C)C)c4)cc32)CC1. The number of benzene rings is 1. The van der Waals surface area contributed by atoms with Gasteiger partial charge in [0.1, 0.15) is 5.82 Å². The molecular formula is C27H33N5O2. The maximum atomic E-state index is 13.9. The summed E-state index contributed by atoms with van der Waals surface area (Å²) < 4.78 is 7.51. The summed E-state index contributed by atoms with van der Waals surface area (Å²) in [6.45, 7) is 5.75. The second kappa shape index (κ2) is 9.58. The number of hydrogen-bond acceptors (Lipinski definition) is 5. The van der Waals surface area contributed by atoms with Crippen molar-refractivity contribution in [2.45, 2.75) is 58.7 Å². The number of pyridine rings is 1. The third kappa shape index (κ3) is 4.57. The van der Waals surface area contributed by atoms with Crippen molar-refractivity contribution in [1.82, 2.24) is 14.8 Å². The molecule has 7 nitrogen and oxygen atoms in total. The number of nitrogens with zero attached hydrogens (tertiary/aromatic N) is 4. The maximum Gasteiger partial charge on any atom is 0.230 e. The highest BCUT2D eigenvalue weighted by Gasteiger charge is 2.33. The van der Waals surface area contributed by atoms with Crippen LogP contribution >= 0.6 is 0 Å². The fourth-order valence-corrected chi connectivity index (χ4v) is 5.05. The van der Waals surface area contributed by atoms with Crippen LogP contribution in [0.5, 0.6) is 0 Å². The molecule has 2 aromatic heterocycles. The molecule has 5 rings (SSSR count). The van der Waals surface area contributed by atoms with E-state index < -0.39 is 0 Å². The molecule has 7 heteroatoms. The average Bonchev–Trinajstić information content (AvgIpc) is 3.24. The topological polar surface area (TPSA) is 72.3 Å². The van der Waals surface area contributed by atoms with E-state index in [9.17, 15) is 4.79 Å². The molecule has 0 unspecified atom stereocenters. The molecule has 1 amide bonds. The minimum Gasteiger partial charge on any atom is -0.381 e. The van der Waals surface area contributed by atoms with Gasteiger partial charge in [0.2, 0.25) is 5.91 Å². The van der Waals surface area contributed by atoms with Gasteiger partial charge in [0.15, 0.2) is 0 Å². The summed E-state index contributed by atoms with van der Waals surface area (Å²) in [5.41, 5.74) is 4.91. The van der Waals surface area contributed by atoms with Gasteiger partial charge in [-0.05, 0) is 55.4 Å². The molecule has 1 N–H and O–H groups in total. The van der Waals surface area contributed by atoms with Gasteiger partial charge in [-0.2, -0.15) is 5.10 Å². The predicted octanol–water partition coefficient (Wildman–Crippen LogP) is 5.40. The highest BCUT2D eigenvalue weighted by Crippen LogP contribution is 2.40. The quantitative estimate of drug-likeness (QED) is 0.553. The van der Waals surface area contributed by atoms with Crippen molar-refractivity contribution in [3.63, 3.8) is 0 Å². The largest absolute Gasteiger partial charge is 0.381 e. The Hall–Kier alpha value is -3.19. The summed E-state index contributed by atoms with van der Waals surface area (Å²) >= 11 is 0. The second-order valence-corrected chi connectivity index (χ2v) is 9.85. The van der Waals surface area contributed by atoms with E-state index in [-0.39, 0.29) is 17.9 Å². The number of methoxy groups -OCH3 is 1. The summed E-state index contributed by atoms with van der Waals surface area (Å²) in [4.78, 5) is 20.4. The molecule has 178 valence electrons. The van der Waals surface area contributed by atoms with Gasteiger partial charge < -0.3 is 15.0 Å². The van der Waals surface area contributed by atoms with Crippen LogP contribution in [0.1, 0.15) is 45.1 Å². The highest BCUT2D eigenvalue weighted by molar-refractivity contribution is 6.00. The zero-order valence-corrected chi connectivity index (χ0v) is 20.2. The van der Waals surface area contributed by atoms with Crippen LogP contribution in [0, 0.1) is 11.8 Å². The first kappa shape index (κ1) is 22.6. The highest BCUT2D eigenvalue weighted by atomic mass is 16.5. The molecule has 0 bridgehead atoms. The second-order valence-electron chi connectivity index (χ2n) is 9.85. The standard InChI is InChI=1S/C27H33N5O2/c1-18(2)15-31-16-22(14-29-31)20-8-11-24-25(13-20)32(17-21-5-4-12-28-26(21)30-24)27(33)19-6-9-23(34-3)10-7-19/h4-5,8,11-14,16,18-19,23H,6-7,9-10,15,17H2,1-3H3,(H,28,30). The van der Waals surface area contributed by atoms with E-state index >= 15 is 0 Å². The molecule has 1 aromatic carbocycles. The molecule has 1 fully saturated rings. The monoisotopic (exact) mass is 459 g/mol. The lowest BCUT2D eigenvalue weighted by atomic mass is 9.86. The van der Waals surface area contributed by atoms with Crippen LogP contribution in [0.2, 0.25) is 0 Å². The Balaban J connectivity index is 1.50. The third-order valence-corrected chi connectivity index (χ3v) is 6.90. The van der Waals surface area contributed by atoms with Crippen molar-refractivity contribution in [1.29, 1.82) is 0 Å². The molecule has 1 saturated carbocycles. The Labute approximate surface area is 201 Å². The van der Waals surface area contributed by atoms with Gasteiger partial charge in [-0.25, -0.2) is 4.98 Å². The van der Waals surface area contributed by atoms with Crippen molar-refractivity contribution in [3.8, 4) is 11.1 Å². The summed E-state index contributed by atoms with van der Waals surface area (Å²) in [5, 5.41) is 8.01. The molecule has 1 aliphatic heterocycles. The van der Waals surface area contributed by atoms with Crippen LogP contribution in [0.3, 0.4) is 0 Å². The van der Waals surface area contributed by atoms with E-state index in [0.717, 1.165) is 66.1 Å². The van der Waals surface area contributed by atoms with Gasteiger partial charge in [-0.15, -0.1) is 0 Å². The normalized spacial score (nSPS) is 19.8. The Kier molecular flexibility index (Phi) is 6.37. The molecule has 0 saturated heterocycles. The first-order valence-corrected chi connectivity index (χ1v) is 12.2. The number of fused-ring (bicyclic) bond motifs is 2. The van der Waals surface area contributed by atoms with Crippen LogP contribution in [0.15, 0.2) is 48.9 Å². The first-order valence-electron chi connectivity index (χ1n) is 12.2. The Morgan fingerprint density at radius 1 is 1.18 bits per heavy atom. The van der Waals surface area contributed by atoms with E-state index in [0.29, 0.717) is 12.5 Å². The molecule has 1 aliphatic carbocycles. The number of carbonyl (C=O) groups excluding carboxylic acids is 1. The minimum absolute atomic E-state index is 0.00918.